The van der Waals surface area contributed by atoms with Crippen LogP contribution in [0.5, 0.6) is 0 Å². The second-order valence-corrected chi connectivity index (χ2v) is 1.95. The Hall–Kier alpha value is -1.39. The van der Waals surface area contributed by atoms with E-state index in [-0.39, 0.29) is 5.82 Å². The zero-order chi connectivity index (χ0) is 7.56. The molecule has 0 aliphatic heterocycles. The Bertz CT molecular complexity index is 246. The maximum absolute atomic E-state index is 10.1. The van der Waals surface area contributed by atoms with Crippen LogP contribution in [0.15, 0.2) is 18.3 Å². The number of nitrogens with zero attached hydrogens (tertiary/aromatic N) is 2. The van der Waals surface area contributed by atoms with E-state index in [1.807, 2.05) is 7.85 Å². The van der Waals surface area contributed by atoms with Gasteiger partial charge >= 0.3 is 5.82 Å². The van der Waals surface area contributed by atoms with Gasteiger partial charge in [-0.2, -0.15) is 0 Å². The van der Waals surface area contributed by atoms with Crippen LogP contribution in [-0.4, -0.2) is 17.8 Å². The lowest BCUT2D eigenvalue weighted by atomic mass is 9.99. The molecule has 0 N–H and O–H groups in total. The van der Waals surface area contributed by atoms with Crippen molar-refractivity contribution in [3.8, 4) is 0 Å². The molecule has 50 valence electrons. The predicted octanol–water partition coefficient (Wildman–Crippen LogP) is -0.752. The van der Waals surface area contributed by atoms with Crippen molar-refractivity contribution in [2.24, 2.45) is 0 Å². The second-order valence-electron chi connectivity index (χ2n) is 1.95. The molecule has 0 atom stereocenters. The highest BCUT2D eigenvalue weighted by atomic mass is 16.6. The van der Waals surface area contributed by atoms with E-state index in [4.69, 9.17) is 0 Å². The summed E-state index contributed by atoms with van der Waals surface area (Å²) in [6, 6.07) is 3.04. The second kappa shape index (κ2) is 2.47. The van der Waals surface area contributed by atoms with Gasteiger partial charge in [0.2, 0.25) is 0 Å². The fourth-order valence-corrected chi connectivity index (χ4v) is 0.568. The van der Waals surface area contributed by atoms with Gasteiger partial charge in [0, 0.05) is 6.07 Å². The smallest absolute Gasteiger partial charge is 0.358 e. The van der Waals surface area contributed by atoms with Gasteiger partial charge in [-0.1, -0.05) is 6.07 Å². The van der Waals surface area contributed by atoms with E-state index >= 15 is 0 Å². The summed E-state index contributed by atoms with van der Waals surface area (Å²) in [4.78, 5) is 13.1. The van der Waals surface area contributed by atoms with E-state index in [2.05, 4.69) is 4.98 Å². The molecule has 0 aromatic carbocycles. The Morgan fingerprint density at radius 2 is 2.30 bits per heavy atom. The van der Waals surface area contributed by atoms with Gasteiger partial charge in [-0.25, -0.2) is 0 Å². The number of rotatable bonds is 1. The summed E-state index contributed by atoms with van der Waals surface area (Å²) in [6.07, 6.45) is 1.47. The van der Waals surface area contributed by atoms with E-state index in [1.54, 1.807) is 6.07 Å². The molecule has 1 heterocycles. The number of aromatic nitrogens is 1. The molecule has 0 saturated carbocycles. The van der Waals surface area contributed by atoms with Crippen LogP contribution in [-0.2, 0) is 0 Å². The SMILES string of the molecule is Bc1ccc([N+](=O)[O-])nc1. The highest BCUT2D eigenvalue weighted by Crippen LogP contribution is 2.00. The molecule has 1 aromatic heterocycles. The number of pyridine rings is 1. The van der Waals surface area contributed by atoms with Gasteiger partial charge in [0.05, 0.1) is 0 Å². The monoisotopic (exact) mass is 136 g/mol. The Morgan fingerprint density at radius 3 is 2.70 bits per heavy atom. The lowest BCUT2D eigenvalue weighted by molar-refractivity contribution is -0.389. The molecular formula is C5H5BN2O2. The van der Waals surface area contributed by atoms with Crippen LogP contribution in [0.3, 0.4) is 0 Å². The van der Waals surface area contributed by atoms with Crippen molar-refractivity contribution in [3.63, 3.8) is 0 Å². The van der Waals surface area contributed by atoms with Crippen molar-refractivity contribution in [1.29, 1.82) is 0 Å². The zero-order valence-electron chi connectivity index (χ0n) is 5.44. The van der Waals surface area contributed by atoms with E-state index < -0.39 is 4.92 Å². The molecule has 4 nitrogen and oxygen atoms in total. The van der Waals surface area contributed by atoms with Gasteiger partial charge in [0.25, 0.3) is 0 Å². The van der Waals surface area contributed by atoms with Gasteiger partial charge in [0.15, 0.2) is 0 Å². The highest BCUT2D eigenvalue weighted by Gasteiger charge is 2.02. The van der Waals surface area contributed by atoms with Gasteiger partial charge in [-0.3, -0.25) is 0 Å². The van der Waals surface area contributed by atoms with Gasteiger partial charge in [-0.05, 0) is 15.4 Å². The third kappa shape index (κ3) is 1.31. The molecule has 0 amide bonds. The van der Waals surface area contributed by atoms with Crippen molar-refractivity contribution in [1.82, 2.24) is 4.98 Å². The molecule has 1 aromatic rings. The van der Waals surface area contributed by atoms with Crippen LogP contribution in [0, 0.1) is 10.1 Å². The van der Waals surface area contributed by atoms with E-state index in [0.717, 1.165) is 5.46 Å². The van der Waals surface area contributed by atoms with Crippen LogP contribution < -0.4 is 5.46 Å². The molecule has 1 rings (SSSR count). The topological polar surface area (TPSA) is 56.0 Å². The minimum absolute atomic E-state index is 0.106. The van der Waals surface area contributed by atoms with Crippen LogP contribution >= 0.6 is 0 Å². The molecule has 0 unspecified atom stereocenters. The Labute approximate surface area is 58.5 Å². The standard InChI is InChI=1S/C5H5BN2O2/c6-4-1-2-5(7-3-4)8(9)10/h1-3H,6H2. The minimum atomic E-state index is -0.514. The number of hydrogen-bond donors (Lipinski definition) is 0. The first kappa shape index (κ1) is 6.73. The minimum Gasteiger partial charge on any atom is -0.358 e. The zero-order valence-corrected chi connectivity index (χ0v) is 5.44. The summed E-state index contributed by atoms with van der Waals surface area (Å²) in [7, 11) is 1.83. The molecule has 0 spiro atoms. The molecule has 0 fully saturated rings. The van der Waals surface area contributed by atoms with Gasteiger partial charge < -0.3 is 10.1 Å². The summed E-state index contributed by atoms with van der Waals surface area (Å²) in [5.74, 6) is -0.106. The third-order valence-electron chi connectivity index (χ3n) is 1.08. The lowest BCUT2D eigenvalue weighted by Crippen LogP contribution is -2.03. The number of hydrogen-bond acceptors (Lipinski definition) is 3. The van der Waals surface area contributed by atoms with Crippen LogP contribution in [0.4, 0.5) is 5.82 Å². The summed E-state index contributed by atoms with van der Waals surface area (Å²) in [6.45, 7) is 0. The van der Waals surface area contributed by atoms with Crippen molar-refractivity contribution >= 4 is 19.1 Å². The quantitative estimate of drug-likeness (QED) is 0.290. The fourth-order valence-electron chi connectivity index (χ4n) is 0.568. The van der Waals surface area contributed by atoms with Gasteiger partial charge in [-0.15, -0.1) is 0 Å². The van der Waals surface area contributed by atoms with Crippen molar-refractivity contribution < 1.29 is 4.92 Å². The molecule has 0 radical (unpaired) electrons. The molecular weight excluding hydrogens is 131 g/mol. The van der Waals surface area contributed by atoms with Crippen LogP contribution in [0.1, 0.15) is 0 Å². The van der Waals surface area contributed by atoms with Crippen LogP contribution in [0.2, 0.25) is 0 Å². The maximum Gasteiger partial charge on any atom is 0.363 e. The van der Waals surface area contributed by atoms with E-state index in [1.165, 1.54) is 12.3 Å². The normalized spacial score (nSPS) is 9.20. The first-order chi connectivity index (χ1) is 4.70. The number of nitro groups is 1. The fraction of sp³-hybridized carbons (Fsp3) is 0. The Morgan fingerprint density at radius 1 is 1.60 bits per heavy atom. The summed E-state index contributed by atoms with van der Waals surface area (Å²) in [5, 5.41) is 10.1. The molecule has 0 saturated heterocycles. The van der Waals surface area contributed by atoms with E-state index in [0.29, 0.717) is 0 Å². The molecule has 0 aliphatic carbocycles. The van der Waals surface area contributed by atoms with Crippen molar-refractivity contribution in [2.45, 2.75) is 0 Å². The lowest BCUT2D eigenvalue weighted by Gasteiger charge is -1.89. The Kier molecular flexibility index (Phi) is 1.66. The van der Waals surface area contributed by atoms with E-state index in [9.17, 15) is 10.1 Å². The first-order valence-corrected chi connectivity index (χ1v) is 2.77. The summed E-state index contributed by atoms with van der Waals surface area (Å²) >= 11 is 0. The summed E-state index contributed by atoms with van der Waals surface area (Å²) in [5.41, 5.74) is 0.922. The summed E-state index contributed by atoms with van der Waals surface area (Å²) < 4.78 is 0. The highest BCUT2D eigenvalue weighted by molar-refractivity contribution is 6.32. The Balaban J connectivity index is 3.00. The predicted molar refractivity (Wildman–Crippen MR) is 39.1 cm³/mol. The largest absolute Gasteiger partial charge is 0.363 e. The maximum atomic E-state index is 10.1. The molecule has 10 heavy (non-hydrogen) atoms. The average molecular weight is 136 g/mol. The van der Waals surface area contributed by atoms with Crippen molar-refractivity contribution in [3.05, 3.63) is 28.4 Å². The molecule has 5 heteroatoms. The first-order valence-electron chi connectivity index (χ1n) is 2.77. The molecule has 0 aliphatic rings. The average Bonchev–Trinajstić information content (AvgIpc) is 1.88. The third-order valence-corrected chi connectivity index (χ3v) is 1.08. The molecule has 0 bridgehead atoms. The van der Waals surface area contributed by atoms with Crippen molar-refractivity contribution in [2.75, 3.05) is 0 Å². The van der Waals surface area contributed by atoms with Crippen LogP contribution in [0.25, 0.3) is 0 Å². The van der Waals surface area contributed by atoms with Gasteiger partial charge in [0.1, 0.15) is 14.0 Å².